The van der Waals surface area contributed by atoms with Crippen LogP contribution in [0.15, 0.2) is 28.7 Å². The molecule has 108 valence electrons. The molecule has 0 aliphatic carbocycles. The molecule has 1 heterocycles. The zero-order valence-corrected chi connectivity index (χ0v) is 13.5. The fourth-order valence-corrected chi connectivity index (χ4v) is 2.84. The normalized spacial score (nSPS) is 12.7. The number of hydrogen-bond acceptors (Lipinski definition) is 2. The Hall–Kier alpha value is -1.20. The fraction of sp³-hybridized carbons (Fsp3) is 0.400. The van der Waals surface area contributed by atoms with Gasteiger partial charge in [-0.25, -0.2) is 4.39 Å². The zero-order chi connectivity index (χ0) is 14.7. The molecular weight excluding hydrogens is 321 g/mol. The first-order chi connectivity index (χ1) is 9.52. The number of nitrogens with zero attached hydrogens (tertiary/aromatic N) is 2. The molecule has 20 heavy (non-hydrogen) atoms. The van der Waals surface area contributed by atoms with Crippen LogP contribution in [0.4, 0.5) is 4.39 Å². The summed E-state index contributed by atoms with van der Waals surface area (Å²) in [7, 11) is 1.95. The molecule has 2 aromatic rings. The predicted octanol–water partition coefficient (Wildman–Crippen LogP) is 3.52. The third-order valence-corrected chi connectivity index (χ3v) is 4.41. The topological polar surface area (TPSA) is 29.9 Å². The first kappa shape index (κ1) is 15.2. The molecule has 0 saturated carbocycles. The van der Waals surface area contributed by atoms with Crippen molar-refractivity contribution in [2.45, 2.75) is 26.3 Å². The highest BCUT2D eigenvalue weighted by atomic mass is 79.9. The Morgan fingerprint density at radius 3 is 2.50 bits per heavy atom. The van der Waals surface area contributed by atoms with Crippen LogP contribution in [-0.4, -0.2) is 16.3 Å². The van der Waals surface area contributed by atoms with Crippen molar-refractivity contribution in [2.24, 2.45) is 7.05 Å². The van der Waals surface area contributed by atoms with Crippen LogP contribution in [0.25, 0.3) is 0 Å². The SMILES string of the molecule is CCNC(Cc1c(Br)c(C)nn1C)c1ccc(F)cc1. The van der Waals surface area contributed by atoms with E-state index in [-0.39, 0.29) is 11.9 Å². The van der Waals surface area contributed by atoms with Crippen LogP contribution in [0.3, 0.4) is 0 Å². The van der Waals surface area contributed by atoms with Crippen molar-refractivity contribution >= 4 is 15.9 Å². The highest BCUT2D eigenvalue weighted by Crippen LogP contribution is 2.26. The van der Waals surface area contributed by atoms with Crippen LogP contribution in [0, 0.1) is 12.7 Å². The van der Waals surface area contributed by atoms with Crippen LogP contribution < -0.4 is 5.32 Å². The molecular formula is C15H19BrFN3. The number of nitrogens with one attached hydrogen (secondary N) is 1. The minimum atomic E-state index is -0.207. The Morgan fingerprint density at radius 1 is 1.35 bits per heavy atom. The van der Waals surface area contributed by atoms with Crippen LogP contribution in [0.1, 0.15) is 29.9 Å². The van der Waals surface area contributed by atoms with E-state index in [0.717, 1.165) is 34.4 Å². The van der Waals surface area contributed by atoms with Gasteiger partial charge in [0.1, 0.15) is 5.82 Å². The molecule has 1 atom stereocenters. The molecule has 0 bridgehead atoms. The molecule has 5 heteroatoms. The van der Waals surface area contributed by atoms with Gasteiger partial charge in [0, 0.05) is 19.5 Å². The Bertz CT molecular complexity index is 578. The molecule has 0 saturated heterocycles. The lowest BCUT2D eigenvalue weighted by Gasteiger charge is -2.19. The number of aryl methyl sites for hydroxylation is 2. The molecule has 3 nitrogen and oxygen atoms in total. The summed E-state index contributed by atoms with van der Waals surface area (Å²) in [4.78, 5) is 0. The van der Waals surface area contributed by atoms with Gasteiger partial charge in [-0.1, -0.05) is 19.1 Å². The number of halogens is 2. The van der Waals surface area contributed by atoms with E-state index in [0.29, 0.717) is 0 Å². The molecule has 0 fully saturated rings. The lowest BCUT2D eigenvalue weighted by atomic mass is 10.0. The molecule has 2 rings (SSSR count). The smallest absolute Gasteiger partial charge is 0.123 e. The third kappa shape index (κ3) is 3.27. The van der Waals surface area contributed by atoms with E-state index in [1.54, 1.807) is 0 Å². The van der Waals surface area contributed by atoms with E-state index >= 15 is 0 Å². The molecule has 1 aromatic carbocycles. The second-order valence-electron chi connectivity index (χ2n) is 4.84. The minimum Gasteiger partial charge on any atom is -0.310 e. The molecule has 1 aromatic heterocycles. The highest BCUT2D eigenvalue weighted by molar-refractivity contribution is 9.10. The number of hydrogen-bond donors (Lipinski definition) is 1. The van der Waals surface area contributed by atoms with Gasteiger partial charge >= 0.3 is 0 Å². The maximum absolute atomic E-state index is 13.1. The van der Waals surface area contributed by atoms with Gasteiger partial charge in [0.2, 0.25) is 0 Å². The lowest BCUT2D eigenvalue weighted by Crippen LogP contribution is -2.24. The summed E-state index contributed by atoms with van der Waals surface area (Å²) >= 11 is 3.59. The van der Waals surface area contributed by atoms with E-state index in [1.165, 1.54) is 12.1 Å². The predicted molar refractivity (Wildman–Crippen MR) is 82.2 cm³/mol. The summed E-state index contributed by atoms with van der Waals surface area (Å²) in [5.41, 5.74) is 3.20. The van der Waals surface area contributed by atoms with E-state index in [1.807, 2.05) is 30.8 Å². The Morgan fingerprint density at radius 2 is 2.00 bits per heavy atom. The Kier molecular flexibility index (Phi) is 4.94. The van der Waals surface area contributed by atoms with Crippen molar-refractivity contribution in [1.82, 2.24) is 15.1 Å². The quantitative estimate of drug-likeness (QED) is 0.903. The monoisotopic (exact) mass is 339 g/mol. The summed E-state index contributed by atoms with van der Waals surface area (Å²) in [6.45, 7) is 4.91. The van der Waals surface area contributed by atoms with Crippen molar-refractivity contribution < 1.29 is 4.39 Å². The third-order valence-electron chi connectivity index (χ3n) is 3.38. The Labute approximate surface area is 127 Å². The summed E-state index contributed by atoms with van der Waals surface area (Å²) < 4.78 is 16.0. The van der Waals surface area contributed by atoms with E-state index in [2.05, 4.69) is 33.3 Å². The molecule has 0 spiro atoms. The zero-order valence-electron chi connectivity index (χ0n) is 12.0. The highest BCUT2D eigenvalue weighted by Gasteiger charge is 2.17. The summed E-state index contributed by atoms with van der Waals surface area (Å²) in [6.07, 6.45) is 0.803. The van der Waals surface area contributed by atoms with Crippen molar-refractivity contribution in [3.63, 3.8) is 0 Å². The van der Waals surface area contributed by atoms with Gasteiger partial charge in [0.05, 0.1) is 15.9 Å². The van der Waals surface area contributed by atoms with Crippen LogP contribution in [-0.2, 0) is 13.5 Å². The van der Waals surface area contributed by atoms with Crippen LogP contribution >= 0.6 is 15.9 Å². The second kappa shape index (κ2) is 6.50. The fourth-order valence-electron chi connectivity index (χ4n) is 2.34. The Balaban J connectivity index is 2.27. The maximum Gasteiger partial charge on any atom is 0.123 e. The molecule has 0 aliphatic heterocycles. The van der Waals surface area contributed by atoms with Gasteiger partial charge in [-0.15, -0.1) is 0 Å². The molecule has 0 radical (unpaired) electrons. The standard InChI is InChI=1S/C15H19BrFN3/c1-4-18-13(11-5-7-12(17)8-6-11)9-14-15(16)10(2)19-20(14)3/h5-8,13,18H,4,9H2,1-3H3. The molecule has 1 N–H and O–H groups in total. The average Bonchev–Trinajstić information content (AvgIpc) is 2.65. The van der Waals surface area contributed by atoms with E-state index in [9.17, 15) is 4.39 Å². The van der Waals surface area contributed by atoms with E-state index < -0.39 is 0 Å². The molecule has 0 aliphatic rings. The van der Waals surface area contributed by atoms with Gasteiger partial charge in [-0.05, 0) is 47.1 Å². The number of rotatable bonds is 5. The van der Waals surface area contributed by atoms with Crippen LogP contribution in [0.2, 0.25) is 0 Å². The summed E-state index contributed by atoms with van der Waals surface area (Å²) in [5, 5.41) is 7.86. The average molecular weight is 340 g/mol. The summed E-state index contributed by atoms with van der Waals surface area (Å²) in [6, 6.07) is 6.82. The number of likely N-dealkylation sites (N-methyl/N-ethyl adjacent to an activating group) is 1. The number of benzene rings is 1. The van der Waals surface area contributed by atoms with E-state index in [4.69, 9.17) is 0 Å². The molecule has 1 unspecified atom stereocenters. The van der Waals surface area contributed by atoms with Gasteiger partial charge in [0.25, 0.3) is 0 Å². The van der Waals surface area contributed by atoms with Crippen molar-refractivity contribution in [2.75, 3.05) is 6.54 Å². The van der Waals surface area contributed by atoms with Gasteiger partial charge in [0.15, 0.2) is 0 Å². The van der Waals surface area contributed by atoms with Crippen molar-refractivity contribution in [3.05, 3.63) is 51.5 Å². The first-order valence-electron chi connectivity index (χ1n) is 6.69. The minimum absolute atomic E-state index is 0.145. The van der Waals surface area contributed by atoms with Gasteiger partial charge in [-0.2, -0.15) is 5.10 Å². The largest absolute Gasteiger partial charge is 0.310 e. The number of aromatic nitrogens is 2. The summed E-state index contributed by atoms with van der Waals surface area (Å²) in [5.74, 6) is -0.207. The van der Waals surface area contributed by atoms with Crippen molar-refractivity contribution in [1.29, 1.82) is 0 Å². The second-order valence-corrected chi connectivity index (χ2v) is 5.63. The van der Waals surface area contributed by atoms with Gasteiger partial charge in [-0.3, -0.25) is 4.68 Å². The lowest BCUT2D eigenvalue weighted by molar-refractivity contribution is 0.526. The van der Waals surface area contributed by atoms with Crippen molar-refractivity contribution in [3.8, 4) is 0 Å². The van der Waals surface area contributed by atoms with Gasteiger partial charge < -0.3 is 5.32 Å². The first-order valence-corrected chi connectivity index (χ1v) is 7.49. The maximum atomic E-state index is 13.1. The molecule has 0 amide bonds. The van der Waals surface area contributed by atoms with Crippen LogP contribution in [0.5, 0.6) is 0 Å².